The van der Waals surface area contributed by atoms with E-state index in [4.69, 9.17) is 11.6 Å². The van der Waals surface area contributed by atoms with E-state index in [-0.39, 0.29) is 27.4 Å². The molecular weight excluding hydrogens is 412 g/mol. The Kier molecular flexibility index (Phi) is 6.77. The van der Waals surface area contributed by atoms with Gasteiger partial charge in [-0.25, -0.2) is 13.4 Å². The van der Waals surface area contributed by atoms with Gasteiger partial charge in [-0.2, -0.15) is 0 Å². The third-order valence-electron chi connectivity index (χ3n) is 4.85. The zero-order valence-electron chi connectivity index (χ0n) is 16.5. The summed E-state index contributed by atoms with van der Waals surface area (Å²) in [5, 5.41) is 3.05. The highest BCUT2D eigenvalue weighted by molar-refractivity contribution is 7.90. The average Bonchev–Trinajstić information content (AvgIpc) is 2.68. The van der Waals surface area contributed by atoms with Crippen LogP contribution in [0.2, 0.25) is 5.02 Å². The number of hydrogen-bond acceptors (Lipinski definition) is 6. The number of anilines is 1. The van der Waals surface area contributed by atoms with Crippen molar-refractivity contribution in [2.24, 2.45) is 0 Å². The lowest BCUT2D eigenvalue weighted by molar-refractivity contribution is 0.0928. The number of carbonyl (C=O) groups excluding carboxylic acids is 1. The second kappa shape index (κ2) is 9.11. The lowest BCUT2D eigenvalue weighted by Gasteiger charge is -2.36. The van der Waals surface area contributed by atoms with Crippen molar-refractivity contribution in [3.05, 3.63) is 53.2 Å². The van der Waals surface area contributed by atoms with Crippen molar-refractivity contribution in [1.82, 2.24) is 15.2 Å². The molecule has 0 spiro atoms. The molecule has 1 aliphatic rings. The molecule has 29 heavy (non-hydrogen) atoms. The van der Waals surface area contributed by atoms with E-state index in [1.807, 2.05) is 25.1 Å². The molecule has 9 heteroatoms. The zero-order chi connectivity index (χ0) is 21.0. The molecule has 1 amide bonds. The van der Waals surface area contributed by atoms with E-state index in [0.717, 1.165) is 38.3 Å². The van der Waals surface area contributed by atoms with Gasteiger partial charge in [-0.15, -0.1) is 0 Å². The number of piperazine rings is 1. The monoisotopic (exact) mass is 436 g/mol. The molecule has 2 heterocycles. The second-order valence-corrected chi connectivity index (χ2v) is 9.66. The summed E-state index contributed by atoms with van der Waals surface area (Å²) in [5.74, 6) is 0.670. The highest BCUT2D eigenvalue weighted by atomic mass is 35.5. The Morgan fingerprint density at radius 1 is 1.21 bits per heavy atom. The minimum absolute atomic E-state index is 0.0369. The van der Waals surface area contributed by atoms with E-state index in [1.165, 1.54) is 18.2 Å². The number of pyridine rings is 1. The Hall–Kier alpha value is -2.16. The lowest BCUT2D eigenvalue weighted by atomic mass is 10.2. The van der Waals surface area contributed by atoms with Crippen LogP contribution in [-0.4, -0.2) is 69.2 Å². The van der Waals surface area contributed by atoms with E-state index < -0.39 is 9.84 Å². The number of carbonyl (C=O) groups is 1. The molecule has 0 saturated carbocycles. The maximum absolute atomic E-state index is 12.5. The molecule has 0 bridgehead atoms. The van der Waals surface area contributed by atoms with E-state index in [1.54, 1.807) is 6.20 Å². The summed E-state index contributed by atoms with van der Waals surface area (Å²) in [6.45, 7) is 6.19. The molecule has 2 aromatic rings. The van der Waals surface area contributed by atoms with Crippen LogP contribution in [0.3, 0.4) is 0 Å². The van der Waals surface area contributed by atoms with Crippen LogP contribution >= 0.6 is 11.6 Å². The normalized spacial score (nSPS) is 16.4. The van der Waals surface area contributed by atoms with Gasteiger partial charge >= 0.3 is 0 Å². The molecular formula is C20H25ClN4O3S. The number of benzene rings is 1. The number of aromatic nitrogens is 1. The van der Waals surface area contributed by atoms with Gasteiger partial charge < -0.3 is 10.2 Å². The van der Waals surface area contributed by atoms with Gasteiger partial charge in [-0.3, -0.25) is 9.69 Å². The van der Waals surface area contributed by atoms with Crippen LogP contribution in [0, 0.1) is 0 Å². The molecule has 1 unspecified atom stereocenters. The van der Waals surface area contributed by atoms with Crippen molar-refractivity contribution in [3.8, 4) is 0 Å². The molecule has 156 valence electrons. The van der Waals surface area contributed by atoms with Crippen molar-refractivity contribution < 1.29 is 13.2 Å². The number of sulfone groups is 1. The summed E-state index contributed by atoms with van der Waals surface area (Å²) >= 11 is 5.95. The van der Waals surface area contributed by atoms with E-state index in [0.29, 0.717) is 6.54 Å². The molecule has 1 aromatic heterocycles. The fraction of sp³-hybridized carbons (Fsp3) is 0.400. The van der Waals surface area contributed by atoms with Crippen molar-refractivity contribution in [3.63, 3.8) is 0 Å². The molecule has 0 aliphatic carbocycles. The summed E-state index contributed by atoms with van der Waals surface area (Å²) in [5.41, 5.74) is 0.279. The van der Waals surface area contributed by atoms with Gasteiger partial charge in [-0.05, 0) is 37.3 Å². The second-order valence-electron chi connectivity index (χ2n) is 7.27. The first-order valence-electron chi connectivity index (χ1n) is 9.43. The number of nitrogens with zero attached hydrogens (tertiary/aromatic N) is 3. The van der Waals surface area contributed by atoms with Crippen LogP contribution in [0.25, 0.3) is 0 Å². The summed E-state index contributed by atoms with van der Waals surface area (Å²) < 4.78 is 23.6. The predicted octanol–water partition coefficient (Wildman–Crippen LogP) is 2.08. The van der Waals surface area contributed by atoms with Gasteiger partial charge in [0.05, 0.1) is 9.92 Å². The number of halogens is 1. The third kappa shape index (κ3) is 5.68. The molecule has 1 atom stereocenters. The molecule has 1 N–H and O–H groups in total. The van der Waals surface area contributed by atoms with Crippen molar-refractivity contribution >= 4 is 33.2 Å². The Labute approximate surface area is 176 Å². The highest BCUT2D eigenvalue weighted by Crippen LogP contribution is 2.22. The largest absolute Gasteiger partial charge is 0.354 e. The van der Waals surface area contributed by atoms with Gasteiger partial charge in [0.25, 0.3) is 5.91 Å². The van der Waals surface area contributed by atoms with E-state index in [2.05, 4.69) is 20.1 Å². The first-order valence-corrected chi connectivity index (χ1v) is 11.7. The smallest absolute Gasteiger partial charge is 0.251 e. The Balaban J connectivity index is 1.54. The maximum atomic E-state index is 12.5. The number of rotatable bonds is 6. The van der Waals surface area contributed by atoms with Crippen LogP contribution < -0.4 is 10.2 Å². The third-order valence-corrected chi connectivity index (χ3v) is 6.43. The molecule has 1 aromatic carbocycles. The fourth-order valence-corrected chi connectivity index (χ4v) is 4.67. The van der Waals surface area contributed by atoms with Crippen LogP contribution in [0.1, 0.15) is 17.3 Å². The summed E-state index contributed by atoms with van der Waals surface area (Å²) in [4.78, 5) is 21.4. The Morgan fingerprint density at radius 2 is 1.93 bits per heavy atom. The minimum atomic E-state index is -3.50. The zero-order valence-corrected chi connectivity index (χ0v) is 18.1. The van der Waals surface area contributed by atoms with Gasteiger partial charge in [0.15, 0.2) is 9.84 Å². The van der Waals surface area contributed by atoms with Crippen molar-refractivity contribution in [2.75, 3.05) is 43.9 Å². The average molecular weight is 437 g/mol. The Bertz CT molecular complexity index is 961. The molecule has 1 saturated heterocycles. The predicted molar refractivity (Wildman–Crippen MR) is 114 cm³/mol. The highest BCUT2D eigenvalue weighted by Gasteiger charge is 2.21. The minimum Gasteiger partial charge on any atom is -0.354 e. The first-order chi connectivity index (χ1) is 13.7. The van der Waals surface area contributed by atoms with Crippen molar-refractivity contribution in [1.29, 1.82) is 0 Å². The molecule has 1 aliphatic heterocycles. The molecule has 0 radical (unpaired) electrons. The fourth-order valence-electron chi connectivity index (χ4n) is 3.37. The summed E-state index contributed by atoms with van der Waals surface area (Å²) in [7, 11) is -3.50. The SMILES string of the molecule is CC(CN1CCN(c2ccccn2)CC1)NC(=O)c1ccc(Cl)c(S(C)(=O)=O)c1. The number of nitrogens with one attached hydrogen (secondary N) is 1. The van der Waals surface area contributed by atoms with Crippen molar-refractivity contribution in [2.45, 2.75) is 17.9 Å². The maximum Gasteiger partial charge on any atom is 0.251 e. The molecule has 3 rings (SSSR count). The van der Waals surface area contributed by atoms with Gasteiger partial charge in [0, 0.05) is 56.8 Å². The molecule has 1 fully saturated rings. The first kappa shape index (κ1) is 21.5. The van der Waals surface area contributed by atoms with Crippen LogP contribution in [0.15, 0.2) is 47.5 Å². The summed E-state index contributed by atoms with van der Waals surface area (Å²) in [6.07, 6.45) is 2.87. The quantitative estimate of drug-likeness (QED) is 0.746. The molecule has 7 nitrogen and oxygen atoms in total. The van der Waals surface area contributed by atoms with E-state index >= 15 is 0 Å². The van der Waals surface area contributed by atoms with Crippen LogP contribution in [0.4, 0.5) is 5.82 Å². The summed E-state index contributed by atoms with van der Waals surface area (Å²) in [6, 6.07) is 10.1. The Morgan fingerprint density at radius 3 is 2.55 bits per heavy atom. The number of hydrogen-bond donors (Lipinski definition) is 1. The number of amides is 1. The lowest BCUT2D eigenvalue weighted by Crippen LogP contribution is -2.51. The van der Waals surface area contributed by atoms with E-state index in [9.17, 15) is 13.2 Å². The van der Waals surface area contributed by atoms with Gasteiger partial charge in [0.2, 0.25) is 0 Å². The topological polar surface area (TPSA) is 82.6 Å². The van der Waals surface area contributed by atoms with Crippen LogP contribution in [0.5, 0.6) is 0 Å². The van der Waals surface area contributed by atoms with Gasteiger partial charge in [0.1, 0.15) is 5.82 Å². The van der Waals surface area contributed by atoms with Crippen LogP contribution in [-0.2, 0) is 9.84 Å². The van der Waals surface area contributed by atoms with Gasteiger partial charge in [-0.1, -0.05) is 17.7 Å². The standard InChI is InChI=1S/C20H25ClN4O3S/c1-15(14-24-9-11-25(12-10-24)19-5-3-4-8-22-19)23-20(26)16-6-7-17(21)18(13-16)29(2,27)28/h3-8,13,15H,9-12,14H2,1-2H3,(H,23,26).